The highest BCUT2D eigenvalue weighted by Gasteiger charge is 2.25. The van der Waals surface area contributed by atoms with E-state index >= 15 is 0 Å². The third kappa shape index (κ3) is 4.23. The summed E-state index contributed by atoms with van der Waals surface area (Å²) in [7, 11) is 1.67. The molecule has 0 atom stereocenters. The summed E-state index contributed by atoms with van der Waals surface area (Å²) in [6, 6.07) is 8.61. The van der Waals surface area contributed by atoms with Gasteiger partial charge in [0.15, 0.2) is 0 Å². The number of carboxylic acids is 1. The Morgan fingerprint density at radius 2 is 1.90 bits per heavy atom. The first kappa shape index (κ1) is 14.9. The molecule has 0 amide bonds. The van der Waals surface area contributed by atoms with Crippen molar-refractivity contribution in [3.05, 3.63) is 29.8 Å². The average molecular weight is 277 g/mol. The predicted molar refractivity (Wildman–Crippen MR) is 78.1 cm³/mol. The molecule has 1 aromatic carbocycles. The lowest BCUT2D eigenvalue weighted by atomic mass is 9.86. The summed E-state index contributed by atoms with van der Waals surface area (Å²) >= 11 is 0. The van der Waals surface area contributed by atoms with Gasteiger partial charge in [0, 0.05) is 6.04 Å². The van der Waals surface area contributed by atoms with Crippen molar-refractivity contribution in [3.8, 4) is 5.75 Å². The number of aliphatic carboxylic acids is 1. The summed E-state index contributed by atoms with van der Waals surface area (Å²) in [5.41, 5.74) is 1.29. The number of ether oxygens (including phenoxy) is 1. The summed E-state index contributed by atoms with van der Waals surface area (Å²) in [6.45, 7) is 0.939. The number of benzene rings is 1. The first-order valence-electron chi connectivity index (χ1n) is 7.28. The van der Waals surface area contributed by atoms with E-state index in [-0.39, 0.29) is 5.92 Å². The molecule has 0 spiro atoms. The van der Waals surface area contributed by atoms with Crippen molar-refractivity contribution in [2.75, 3.05) is 13.7 Å². The van der Waals surface area contributed by atoms with Crippen LogP contribution in [0, 0.1) is 5.92 Å². The summed E-state index contributed by atoms with van der Waals surface area (Å²) in [4.78, 5) is 10.9. The van der Waals surface area contributed by atoms with Gasteiger partial charge in [-0.05, 0) is 56.3 Å². The van der Waals surface area contributed by atoms with Crippen LogP contribution in [0.4, 0.5) is 0 Å². The molecule has 4 nitrogen and oxygen atoms in total. The van der Waals surface area contributed by atoms with E-state index in [0.29, 0.717) is 6.04 Å². The van der Waals surface area contributed by atoms with Crippen LogP contribution >= 0.6 is 0 Å². The zero-order valence-electron chi connectivity index (χ0n) is 12.0. The zero-order chi connectivity index (χ0) is 14.4. The molecule has 1 aliphatic carbocycles. The fourth-order valence-corrected chi connectivity index (χ4v) is 2.76. The van der Waals surface area contributed by atoms with Crippen LogP contribution in [0.15, 0.2) is 24.3 Å². The molecule has 1 aromatic rings. The first-order valence-corrected chi connectivity index (χ1v) is 7.28. The summed E-state index contributed by atoms with van der Waals surface area (Å²) in [5.74, 6) is 0.116. The second kappa shape index (κ2) is 7.29. The lowest BCUT2D eigenvalue weighted by Crippen LogP contribution is -2.36. The molecule has 110 valence electrons. The van der Waals surface area contributed by atoms with Crippen LogP contribution < -0.4 is 10.1 Å². The number of hydrogen-bond donors (Lipinski definition) is 2. The number of carboxylic acid groups (broad SMARTS) is 1. The first-order chi connectivity index (χ1) is 9.69. The third-order valence-electron chi connectivity index (χ3n) is 4.08. The van der Waals surface area contributed by atoms with E-state index in [4.69, 9.17) is 9.84 Å². The molecule has 1 saturated carbocycles. The van der Waals surface area contributed by atoms with E-state index in [1.807, 2.05) is 12.1 Å². The van der Waals surface area contributed by atoms with Crippen molar-refractivity contribution in [1.82, 2.24) is 5.32 Å². The number of hydrogen-bond acceptors (Lipinski definition) is 3. The zero-order valence-corrected chi connectivity index (χ0v) is 12.0. The smallest absolute Gasteiger partial charge is 0.306 e. The summed E-state index contributed by atoms with van der Waals surface area (Å²) in [5, 5.41) is 12.5. The van der Waals surface area contributed by atoms with E-state index < -0.39 is 5.97 Å². The van der Waals surface area contributed by atoms with Crippen LogP contribution in [0.1, 0.15) is 31.2 Å². The van der Waals surface area contributed by atoms with E-state index in [0.717, 1.165) is 44.4 Å². The maximum absolute atomic E-state index is 10.9. The van der Waals surface area contributed by atoms with E-state index in [1.165, 1.54) is 5.56 Å². The van der Waals surface area contributed by atoms with Gasteiger partial charge in [-0.25, -0.2) is 0 Å². The molecule has 4 heteroatoms. The quantitative estimate of drug-likeness (QED) is 0.838. The van der Waals surface area contributed by atoms with Crippen molar-refractivity contribution in [2.45, 2.75) is 38.1 Å². The molecule has 0 saturated heterocycles. The van der Waals surface area contributed by atoms with Crippen LogP contribution in [0.3, 0.4) is 0 Å². The second-order valence-electron chi connectivity index (χ2n) is 5.44. The van der Waals surface area contributed by atoms with Crippen LogP contribution in [0.5, 0.6) is 5.75 Å². The monoisotopic (exact) mass is 277 g/mol. The molecule has 0 aliphatic heterocycles. The van der Waals surface area contributed by atoms with E-state index in [2.05, 4.69) is 17.4 Å². The molecule has 1 aliphatic rings. The SMILES string of the molecule is COc1ccc(CCNC2CCC(C(=O)O)CC2)cc1. The van der Waals surface area contributed by atoms with Crippen molar-refractivity contribution >= 4 is 5.97 Å². The molecule has 0 heterocycles. The molecule has 0 aromatic heterocycles. The molecule has 2 rings (SSSR count). The minimum atomic E-state index is -0.637. The number of methoxy groups -OCH3 is 1. The molecular formula is C16H23NO3. The average Bonchev–Trinajstić information content (AvgIpc) is 2.48. The molecule has 2 N–H and O–H groups in total. The largest absolute Gasteiger partial charge is 0.497 e. The van der Waals surface area contributed by atoms with Crippen molar-refractivity contribution in [3.63, 3.8) is 0 Å². The predicted octanol–water partition coefficient (Wildman–Crippen LogP) is 2.47. The Morgan fingerprint density at radius 3 is 2.45 bits per heavy atom. The van der Waals surface area contributed by atoms with Crippen molar-refractivity contribution in [1.29, 1.82) is 0 Å². The van der Waals surface area contributed by atoms with Gasteiger partial charge in [-0.2, -0.15) is 0 Å². The van der Waals surface area contributed by atoms with Gasteiger partial charge in [0.05, 0.1) is 13.0 Å². The Morgan fingerprint density at radius 1 is 1.25 bits per heavy atom. The fraction of sp³-hybridized carbons (Fsp3) is 0.562. The highest BCUT2D eigenvalue weighted by Crippen LogP contribution is 2.24. The number of carbonyl (C=O) groups is 1. The van der Waals surface area contributed by atoms with Crippen molar-refractivity contribution < 1.29 is 14.6 Å². The highest BCUT2D eigenvalue weighted by atomic mass is 16.5. The van der Waals surface area contributed by atoms with Crippen molar-refractivity contribution in [2.24, 2.45) is 5.92 Å². The van der Waals surface area contributed by atoms with E-state index in [9.17, 15) is 4.79 Å². The minimum absolute atomic E-state index is 0.130. The van der Waals surface area contributed by atoms with Gasteiger partial charge in [0.1, 0.15) is 5.75 Å². The van der Waals surface area contributed by atoms with E-state index in [1.54, 1.807) is 7.11 Å². The van der Waals surface area contributed by atoms with Crippen LogP contribution in [0.2, 0.25) is 0 Å². The van der Waals surface area contributed by atoms with Gasteiger partial charge < -0.3 is 15.2 Å². The van der Waals surface area contributed by atoms with Crippen LogP contribution in [-0.4, -0.2) is 30.8 Å². The standard InChI is InChI=1S/C16H23NO3/c1-20-15-8-2-12(3-9-15)10-11-17-14-6-4-13(5-7-14)16(18)19/h2-3,8-9,13-14,17H,4-7,10-11H2,1H3,(H,18,19). The normalized spacial score (nSPS) is 22.4. The Balaban J connectivity index is 1.67. The maximum Gasteiger partial charge on any atom is 0.306 e. The lowest BCUT2D eigenvalue weighted by Gasteiger charge is -2.26. The molecule has 0 unspecified atom stereocenters. The fourth-order valence-electron chi connectivity index (χ4n) is 2.76. The van der Waals surface area contributed by atoms with Crippen LogP contribution in [0.25, 0.3) is 0 Å². The molecule has 20 heavy (non-hydrogen) atoms. The maximum atomic E-state index is 10.9. The van der Waals surface area contributed by atoms with Crippen LogP contribution in [-0.2, 0) is 11.2 Å². The Kier molecular flexibility index (Phi) is 5.41. The second-order valence-corrected chi connectivity index (χ2v) is 5.44. The van der Waals surface area contributed by atoms with Gasteiger partial charge in [0.25, 0.3) is 0 Å². The van der Waals surface area contributed by atoms with Gasteiger partial charge in [-0.1, -0.05) is 12.1 Å². The topological polar surface area (TPSA) is 58.6 Å². The Hall–Kier alpha value is -1.55. The summed E-state index contributed by atoms with van der Waals surface area (Å²) in [6.07, 6.45) is 4.53. The Bertz CT molecular complexity index is 422. The van der Waals surface area contributed by atoms with Gasteiger partial charge >= 0.3 is 5.97 Å². The molecule has 0 radical (unpaired) electrons. The highest BCUT2D eigenvalue weighted by molar-refractivity contribution is 5.70. The minimum Gasteiger partial charge on any atom is -0.497 e. The van der Waals surface area contributed by atoms with Gasteiger partial charge in [0.2, 0.25) is 0 Å². The third-order valence-corrected chi connectivity index (χ3v) is 4.08. The number of rotatable bonds is 6. The van der Waals surface area contributed by atoms with Gasteiger partial charge in [-0.3, -0.25) is 4.79 Å². The molecular weight excluding hydrogens is 254 g/mol. The summed E-state index contributed by atoms with van der Waals surface area (Å²) < 4.78 is 5.13. The molecule has 1 fully saturated rings. The molecule has 0 bridgehead atoms. The van der Waals surface area contributed by atoms with Gasteiger partial charge in [-0.15, -0.1) is 0 Å². The Labute approximate surface area is 120 Å². The lowest BCUT2D eigenvalue weighted by molar-refractivity contribution is -0.142. The number of nitrogens with one attached hydrogen (secondary N) is 1.